The standard InChI is InChI=1S/C26H50N2O3/c1-4-5-6-7-8-9-10-11-12-13-14-15-16-17-18-22-25(29)27-23-20-19-21-24(26(30)31)28(2)3/h4-5,24H,6-23H2,1-3H3,(H,27,29)(H,30,31)/b5-4+/t24-/m0/s1. The molecule has 0 aliphatic rings. The zero-order valence-electron chi connectivity index (χ0n) is 20.7. The average Bonchev–Trinajstić information content (AvgIpc) is 2.72. The van der Waals surface area contributed by atoms with Gasteiger partial charge in [0.2, 0.25) is 5.91 Å². The lowest BCUT2D eigenvalue weighted by atomic mass is 10.0. The number of aliphatic carboxylic acids is 1. The first-order valence-electron chi connectivity index (χ1n) is 12.8. The molecule has 0 aromatic rings. The van der Waals surface area contributed by atoms with Gasteiger partial charge in [0, 0.05) is 13.0 Å². The van der Waals surface area contributed by atoms with Crippen molar-refractivity contribution < 1.29 is 14.7 Å². The first-order valence-corrected chi connectivity index (χ1v) is 12.8. The molecule has 182 valence electrons. The molecule has 1 atom stereocenters. The molecular weight excluding hydrogens is 388 g/mol. The van der Waals surface area contributed by atoms with Crippen LogP contribution in [0.3, 0.4) is 0 Å². The number of carboxylic acids is 1. The molecule has 2 N–H and O–H groups in total. The van der Waals surface area contributed by atoms with Crippen LogP contribution in [0.15, 0.2) is 12.2 Å². The van der Waals surface area contributed by atoms with Gasteiger partial charge in [0.1, 0.15) is 6.04 Å². The molecule has 0 saturated carbocycles. The molecule has 0 spiro atoms. The molecule has 0 aliphatic heterocycles. The van der Waals surface area contributed by atoms with Gasteiger partial charge < -0.3 is 10.4 Å². The van der Waals surface area contributed by atoms with E-state index < -0.39 is 12.0 Å². The number of carboxylic acid groups (broad SMARTS) is 1. The summed E-state index contributed by atoms with van der Waals surface area (Å²) in [6.07, 6.45) is 24.1. The summed E-state index contributed by atoms with van der Waals surface area (Å²) in [6.45, 7) is 2.74. The van der Waals surface area contributed by atoms with Crippen molar-refractivity contribution in [3.63, 3.8) is 0 Å². The minimum atomic E-state index is -0.778. The molecule has 0 fully saturated rings. The van der Waals surface area contributed by atoms with Crippen LogP contribution in [-0.4, -0.2) is 48.6 Å². The van der Waals surface area contributed by atoms with Gasteiger partial charge in [-0.1, -0.05) is 76.4 Å². The van der Waals surface area contributed by atoms with Gasteiger partial charge in [0.05, 0.1) is 0 Å². The van der Waals surface area contributed by atoms with Crippen molar-refractivity contribution in [2.45, 2.75) is 122 Å². The second-order valence-corrected chi connectivity index (χ2v) is 9.01. The molecule has 5 heteroatoms. The van der Waals surface area contributed by atoms with Gasteiger partial charge in [-0.25, -0.2) is 0 Å². The minimum Gasteiger partial charge on any atom is -0.480 e. The van der Waals surface area contributed by atoms with Gasteiger partial charge >= 0.3 is 5.97 Å². The molecule has 0 bridgehead atoms. The Morgan fingerprint density at radius 3 is 1.81 bits per heavy atom. The Morgan fingerprint density at radius 1 is 0.806 bits per heavy atom. The molecule has 0 rings (SSSR count). The van der Waals surface area contributed by atoms with Gasteiger partial charge in [-0.2, -0.15) is 0 Å². The molecule has 0 radical (unpaired) electrons. The maximum absolute atomic E-state index is 11.9. The van der Waals surface area contributed by atoms with Gasteiger partial charge in [0.25, 0.3) is 0 Å². The Balaban J connectivity index is 3.33. The summed E-state index contributed by atoms with van der Waals surface area (Å²) < 4.78 is 0. The monoisotopic (exact) mass is 438 g/mol. The highest BCUT2D eigenvalue weighted by molar-refractivity contribution is 5.75. The topological polar surface area (TPSA) is 69.6 Å². The number of allylic oxidation sites excluding steroid dienone is 2. The number of unbranched alkanes of at least 4 members (excludes halogenated alkanes) is 13. The number of amides is 1. The Labute approximate surface area is 192 Å². The van der Waals surface area contributed by atoms with Crippen molar-refractivity contribution in [3.8, 4) is 0 Å². The number of carbonyl (C=O) groups is 2. The normalized spacial score (nSPS) is 12.5. The second kappa shape index (κ2) is 21.9. The molecule has 0 aromatic carbocycles. The lowest BCUT2D eigenvalue weighted by molar-refractivity contribution is -0.142. The van der Waals surface area contributed by atoms with E-state index >= 15 is 0 Å². The number of rotatable bonds is 22. The minimum absolute atomic E-state index is 0.133. The maximum Gasteiger partial charge on any atom is 0.320 e. The van der Waals surface area contributed by atoms with E-state index in [1.54, 1.807) is 19.0 Å². The lowest BCUT2D eigenvalue weighted by Gasteiger charge is -2.19. The van der Waals surface area contributed by atoms with E-state index in [0.717, 1.165) is 25.7 Å². The van der Waals surface area contributed by atoms with Gasteiger partial charge in [-0.3, -0.25) is 14.5 Å². The second-order valence-electron chi connectivity index (χ2n) is 9.01. The first kappa shape index (κ1) is 29.6. The lowest BCUT2D eigenvalue weighted by Crippen LogP contribution is -2.35. The smallest absolute Gasteiger partial charge is 0.320 e. The Kier molecular flexibility index (Phi) is 20.9. The molecule has 0 saturated heterocycles. The highest BCUT2D eigenvalue weighted by Crippen LogP contribution is 2.13. The highest BCUT2D eigenvalue weighted by Gasteiger charge is 2.18. The molecule has 0 heterocycles. The Bertz CT molecular complexity index is 464. The Hall–Kier alpha value is -1.36. The predicted molar refractivity (Wildman–Crippen MR) is 131 cm³/mol. The number of nitrogens with zero attached hydrogens (tertiary/aromatic N) is 1. The van der Waals surface area contributed by atoms with E-state index in [0.29, 0.717) is 19.4 Å². The summed E-state index contributed by atoms with van der Waals surface area (Å²) in [5.74, 6) is -0.645. The fourth-order valence-corrected chi connectivity index (χ4v) is 3.86. The van der Waals surface area contributed by atoms with E-state index in [1.165, 1.54) is 70.6 Å². The third-order valence-electron chi connectivity index (χ3n) is 5.90. The number of hydrogen-bond acceptors (Lipinski definition) is 3. The van der Waals surface area contributed by atoms with Crippen molar-refractivity contribution in [1.29, 1.82) is 0 Å². The van der Waals surface area contributed by atoms with Crippen LogP contribution in [0.2, 0.25) is 0 Å². The summed E-state index contributed by atoms with van der Waals surface area (Å²) in [5, 5.41) is 12.1. The molecule has 0 unspecified atom stereocenters. The van der Waals surface area contributed by atoms with E-state index in [9.17, 15) is 9.59 Å². The van der Waals surface area contributed by atoms with Crippen molar-refractivity contribution in [2.24, 2.45) is 0 Å². The SMILES string of the molecule is C/C=C/CCCCCCCCCCCCCCC(=O)NCCCC[C@@H](C(=O)O)N(C)C. The summed E-state index contributed by atoms with van der Waals surface area (Å²) in [6, 6.07) is -0.436. The fourth-order valence-electron chi connectivity index (χ4n) is 3.86. The first-order chi connectivity index (χ1) is 15.0. The van der Waals surface area contributed by atoms with E-state index in [1.807, 2.05) is 0 Å². The van der Waals surface area contributed by atoms with Crippen molar-refractivity contribution in [1.82, 2.24) is 10.2 Å². The quantitative estimate of drug-likeness (QED) is 0.153. The van der Waals surface area contributed by atoms with Crippen LogP contribution in [0.1, 0.15) is 116 Å². The van der Waals surface area contributed by atoms with E-state index in [-0.39, 0.29) is 5.91 Å². The zero-order valence-corrected chi connectivity index (χ0v) is 20.7. The maximum atomic E-state index is 11.9. The van der Waals surface area contributed by atoms with E-state index in [2.05, 4.69) is 24.4 Å². The number of hydrogen-bond donors (Lipinski definition) is 2. The molecule has 1 amide bonds. The summed E-state index contributed by atoms with van der Waals surface area (Å²) >= 11 is 0. The van der Waals surface area contributed by atoms with Crippen LogP contribution >= 0.6 is 0 Å². The van der Waals surface area contributed by atoms with Crippen molar-refractivity contribution in [3.05, 3.63) is 12.2 Å². The summed E-state index contributed by atoms with van der Waals surface area (Å²) in [7, 11) is 3.58. The predicted octanol–water partition coefficient (Wildman–Crippen LogP) is 6.33. The number of likely N-dealkylation sites (N-methyl/N-ethyl adjacent to an activating group) is 1. The van der Waals surface area contributed by atoms with Gasteiger partial charge in [0.15, 0.2) is 0 Å². The fraction of sp³-hybridized carbons (Fsp3) is 0.846. The van der Waals surface area contributed by atoms with Crippen LogP contribution < -0.4 is 5.32 Å². The number of carbonyl (C=O) groups excluding carboxylic acids is 1. The Morgan fingerprint density at radius 2 is 1.32 bits per heavy atom. The van der Waals surface area contributed by atoms with Crippen LogP contribution in [0.5, 0.6) is 0 Å². The summed E-state index contributed by atoms with van der Waals surface area (Å²) in [5.41, 5.74) is 0. The van der Waals surface area contributed by atoms with Crippen molar-refractivity contribution >= 4 is 11.9 Å². The summed E-state index contributed by atoms with van der Waals surface area (Å²) in [4.78, 5) is 24.7. The van der Waals surface area contributed by atoms with Gasteiger partial charge in [-0.05, 0) is 59.5 Å². The van der Waals surface area contributed by atoms with Crippen LogP contribution in [-0.2, 0) is 9.59 Å². The molecule has 5 nitrogen and oxygen atoms in total. The molecule has 0 aliphatic carbocycles. The van der Waals surface area contributed by atoms with Gasteiger partial charge in [-0.15, -0.1) is 0 Å². The molecule has 0 aromatic heterocycles. The third kappa shape index (κ3) is 20.3. The average molecular weight is 439 g/mol. The zero-order chi connectivity index (χ0) is 23.2. The van der Waals surface area contributed by atoms with Crippen molar-refractivity contribution in [2.75, 3.05) is 20.6 Å². The van der Waals surface area contributed by atoms with Crippen LogP contribution in [0, 0.1) is 0 Å². The van der Waals surface area contributed by atoms with Crippen LogP contribution in [0.25, 0.3) is 0 Å². The third-order valence-corrected chi connectivity index (χ3v) is 5.90. The van der Waals surface area contributed by atoms with E-state index in [4.69, 9.17) is 5.11 Å². The molecule has 31 heavy (non-hydrogen) atoms. The van der Waals surface area contributed by atoms with Crippen LogP contribution in [0.4, 0.5) is 0 Å². The highest BCUT2D eigenvalue weighted by atomic mass is 16.4. The number of nitrogens with one attached hydrogen (secondary N) is 1. The molecular formula is C26H50N2O3. The largest absolute Gasteiger partial charge is 0.480 e.